The molecular formula is C24H25N3O4S. The lowest BCUT2D eigenvalue weighted by atomic mass is 10.1. The van der Waals surface area contributed by atoms with E-state index in [1.165, 1.54) is 25.8 Å². The number of sulfonamides is 1. The van der Waals surface area contributed by atoms with Gasteiger partial charge in [-0.1, -0.05) is 42.5 Å². The summed E-state index contributed by atoms with van der Waals surface area (Å²) in [5, 5.41) is 0. The predicted octanol–water partition coefficient (Wildman–Crippen LogP) is 3.77. The molecule has 0 fully saturated rings. The van der Waals surface area contributed by atoms with Crippen molar-refractivity contribution in [2.24, 2.45) is 0 Å². The van der Waals surface area contributed by atoms with Gasteiger partial charge in [0, 0.05) is 12.6 Å². The molecule has 1 heterocycles. The number of para-hydroxylation sites is 2. The van der Waals surface area contributed by atoms with Crippen molar-refractivity contribution in [3.63, 3.8) is 0 Å². The van der Waals surface area contributed by atoms with Crippen LogP contribution in [-0.2, 0) is 29.5 Å². The number of aromatic nitrogens is 2. The first-order valence-corrected chi connectivity index (χ1v) is 11.7. The van der Waals surface area contributed by atoms with E-state index in [2.05, 4.69) is 26.4 Å². The summed E-state index contributed by atoms with van der Waals surface area (Å²) in [5.74, 6) is 1.32. The molecule has 0 unspecified atom stereocenters. The van der Waals surface area contributed by atoms with E-state index < -0.39 is 10.0 Å². The van der Waals surface area contributed by atoms with Crippen molar-refractivity contribution >= 4 is 21.1 Å². The van der Waals surface area contributed by atoms with Gasteiger partial charge in [0.25, 0.3) is 0 Å². The summed E-state index contributed by atoms with van der Waals surface area (Å²) in [7, 11) is -0.942. The first-order chi connectivity index (χ1) is 15.5. The van der Waals surface area contributed by atoms with Gasteiger partial charge in [-0.3, -0.25) is 0 Å². The molecule has 0 bridgehead atoms. The highest BCUT2D eigenvalue weighted by atomic mass is 32.2. The summed E-state index contributed by atoms with van der Waals surface area (Å²) in [5.41, 5.74) is 3.00. The number of rotatable bonds is 9. The standard InChI is InChI=1S/C24H25N3O4S/c1-30-19-12-13-22(31-2)23(16-19)32(28,29)25-17-24-26-20-10-6-7-11-21(20)27(24)15-14-18-8-4-3-5-9-18/h3-13,16,25H,14-15,17H2,1-2H3. The van der Waals surface area contributed by atoms with Crippen LogP contribution in [-0.4, -0.2) is 32.2 Å². The third-order valence-electron chi connectivity index (χ3n) is 5.28. The van der Waals surface area contributed by atoms with E-state index in [1.54, 1.807) is 12.1 Å². The second kappa shape index (κ2) is 9.42. The van der Waals surface area contributed by atoms with Crippen LogP contribution in [0.2, 0.25) is 0 Å². The number of nitrogens with zero attached hydrogens (tertiary/aromatic N) is 2. The average molecular weight is 452 g/mol. The van der Waals surface area contributed by atoms with E-state index in [0.717, 1.165) is 17.5 Å². The number of benzene rings is 3. The molecule has 166 valence electrons. The summed E-state index contributed by atoms with van der Waals surface area (Å²) in [6, 6.07) is 22.6. The molecule has 7 nitrogen and oxygen atoms in total. The molecule has 4 rings (SSSR count). The molecule has 32 heavy (non-hydrogen) atoms. The SMILES string of the molecule is COc1ccc(OC)c(S(=O)(=O)NCc2nc3ccccc3n2CCc2ccccc2)c1. The van der Waals surface area contributed by atoms with Crippen molar-refractivity contribution in [3.8, 4) is 11.5 Å². The van der Waals surface area contributed by atoms with Gasteiger partial charge in [-0.05, 0) is 36.2 Å². The molecule has 1 aromatic heterocycles. The van der Waals surface area contributed by atoms with E-state index in [-0.39, 0.29) is 17.2 Å². The van der Waals surface area contributed by atoms with E-state index in [4.69, 9.17) is 9.47 Å². The Kier molecular flexibility index (Phi) is 6.43. The zero-order valence-electron chi connectivity index (χ0n) is 18.0. The molecule has 0 amide bonds. The summed E-state index contributed by atoms with van der Waals surface area (Å²) in [6.07, 6.45) is 0.810. The van der Waals surface area contributed by atoms with E-state index >= 15 is 0 Å². The van der Waals surface area contributed by atoms with E-state index in [0.29, 0.717) is 18.1 Å². The van der Waals surface area contributed by atoms with Gasteiger partial charge in [0.1, 0.15) is 22.2 Å². The quantitative estimate of drug-likeness (QED) is 0.419. The van der Waals surface area contributed by atoms with Gasteiger partial charge in [-0.25, -0.2) is 18.1 Å². The van der Waals surface area contributed by atoms with Crippen LogP contribution in [0.5, 0.6) is 11.5 Å². The van der Waals surface area contributed by atoms with Crippen LogP contribution < -0.4 is 14.2 Å². The maximum Gasteiger partial charge on any atom is 0.244 e. The number of hydrogen-bond acceptors (Lipinski definition) is 5. The minimum absolute atomic E-state index is 0.0197. The molecule has 8 heteroatoms. The van der Waals surface area contributed by atoms with Gasteiger partial charge in [0.2, 0.25) is 10.0 Å². The highest BCUT2D eigenvalue weighted by Gasteiger charge is 2.22. The van der Waals surface area contributed by atoms with Gasteiger partial charge in [0.05, 0.1) is 31.8 Å². The lowest BCUT2D eigenvalue weighted by molar-refractivity contribution is 0.392. The zero-order chi connectivity index (χ0) is 22.6. The highest BCUT2D eigenvalue weighted by molar-refractivity contribution is 7.89. The third kappa shape index (κ3) is 4.61. The van der Waals surface area contributed by atoms with Crippen LogP contribution in [0.15, 0.2) is 77.7 Å². The molecule has 0 aliphatic heterocycles. The molecule has 0 atom stereocenters. The Morgan fingerprint density at radius 1 is 0.938 bits per heavy atom. The number of hydrogen-bond donors (Lipinski definition) is 1. The van der Waals surface area contributed by atoms with Crippen molar-refractivity contribution in [2.45, 2.75) is 24.4 Å². The van der Waals surface area contributed by atoms with Gasteiger partial charge < -0.3 is 14.0 Å². The molecular weight excluding hydrogens is 426 g/mol. The zero-order valence-corrected chi connectivity index (χ0v) is 18.8. The van der Waals surface area contributed by atoms with Crippen molar-refractivity contribution < 1.29 is 17.9 Å². The monoisotopic (exact) mass is 451 g/mol. The van der Waals surface area contributed by atoms with Gasteiger partial charge in [-0.2, -0.15) is 0 Å². The van der Waals surface area contributed by atoms with E-state index in [9.17, 15) is 8.42 Å². The topological polar surface area (TPSA) is 82.4 Å². The average Bonchev–Trinajstić information content (AvgIpc) is 3.19. The largest absolute Gasteiger partial charge is 0.497 e. The minimum Gasteiger partial charge on any atom is -0.497 e. The lowest BCUT2D eigenvalue weighted by Gasteiger charge is -2.13. The van der Waals surface area contributed by atoms with Crippen LogP contribution >= 0.6 is 0 Å². The lowest BCUT2D eigenvalue weighted by Crippen LogP contribution is -2.25. The Bertz CT molecular complexity index is 1320. The summed E-state index contributed by atoms with van der Waals surface area (Å²) < 4.78 is 41.3. The molecule has 0 aliphatic carbocycles. The number of ether oxygens (including phenoxy) is 2. The molecule has 0 saturated carbocycles. The maximum absolute atomic E-state index is 13.1. The highest BCUT2D eigenvalue weighted by Crippen LogP contribution is 2.28. The molecule has 0 spiro atoms. The Hall–Kier alpha value is -3.36. The Balaban J connectivity index is 1.62. The minimum atomic E-state index is -3.86. The number of nitrogens with one attached hydrogen (secondary N) is 1. The Morgan fingerprint density at radius 2 is 1.69 bits per heavy atom. The summed E-state index contributed by atoms with van der Waals surface area (Å²) in [6.45, 7) is 0.732. The predicted molar refractivity (Wildman–Crippen MR) is 123 cm³/mol. The van der Waals surface area contributed by atoms with Crippen LogP contribution in [0.1, 0.15) is 11.4 Å². The van der Waals surface area contributed by atoms with Gasteiger partial charge >= 0.3 is 0 Å². The van der Waals surface area contributed by atoms with Crippen LogP contribution in [0.3, 0.4) is 0 Å². The molecule has 3 aromatic carbocycles. The summed E-state index contributed by atoms with van der Waals surface area (Å²) >= 11 is 0. The van der Waals surface area contributed by atoms with Crippen molar-refractivity contribution in [1.82, 2.24) is 14.3 Å². The Morgan fingerprint density at radius 3 is 2.44 bits per heavy atom. The van der Waals surface area contributed by atoms with Crippen molar-refractivity contribution in [3.05, 3.63) is 84.2 Å². The first kappa shape index (κ1) is 21.9. The second-order valence-corrected chi connectivity index (χ2v) is 8.98. The molecule has 0 radical (unpaired) electrons. The van der Waals surface area contributed by atoms with Crippen LogP contribution in [0.25, 0.3) is 11.0 Å². The van der Waals surface area contributed by atoms with Gasteiger partial charge in [0.15, 0.2) is 0 Å². The maximum atomic E-state index is 13.1. The van der Waals surface area contributed by atoms with Crippen molar-refractivity contribution in [2.75, 3.05) is 14.2 Å². The molecule has 1 N–H and O–H groups in total. The number of aryl methyl sites for hydroxylation is 2. The fourth-order valence-corrected chi connectivity index (χ4v) is 4.79. The summed E-state index contributed by atoms with van der Waals surface area (Å²) in [4.78, 5) is 4.70. The number of methoxy groups -OCH3 is 2. The molecule has 0 saturated heterocycles. The fraction of sp³-hybridized carbons (Fsp3) is 0.208. The third-order valence-corrected chi connectivity index (χ3v) is 6.70. The smallest absolute Gasteiger partial charge is 0.244 e. The fourth-order valence-electron chi connectivity index (χ4n) is 3.63. The normalized spacial score (nSPS) is 11.6. The number of fused-ring (bicyclic) bond motifs is 1. The Labute approximate surface area is 187 Å². The van der Waals surface area contributed by atoms with Crippen LogP contribution in [0, 0.1) is 0 Å². The number of imidazole rings is 1. The van der Waals surface area contributed by atoms with Crippen molar-refractivity contribution in [1.29, 1.82) is 0 Å². The molecule has 4 aromatic rings. The molecule has 0 aliphatic rings. The first-order valence-electron chi connectivity index (χ1n) is 10.2. The van der Waals surface area contributed by atoms with E-state index in [1.807, 2.05) is 42.5 Å². The van der Waals surface area contributed by atoms with Gasteiger partial charge in [-0.15, -0.1) is 0 Å². The second-order valence-electron chi connectivity index (χ2n) is 7.25. The van der Waals surface area contributed by atoms with Crippen LogP contribution in [0.4, 0.5) is 0 Å².